The molecule has 258 valence electrons. The van der Waals surface area contributed by atoms with Gasteiger partial charge in [-0.2, -0.15) is 0 Å². The summed E-state index contributed by atoms with van der Waals surface area (Å²) in [4.78, 5) is 22.6. The van der Waals surface area contributed by atoms with E-state index in [9.17, 15) is 14.3 Å². The molecule has 8 heteroatoms. The van der Waals surface area contributed by atoms with Gasteiger partial charge in [0.2, 0.25) is 0 Å². The van der Waals surface area contributed by atoms with Crippen molar-refractivity contribution in [2.75, 3.05) is 40.9 Å². The Kier molecular flexibility index (Phi) is 12.0. The van der Waals surface area contributed by atoms with E-state index in [0.717, 1.165) is 43.4 Å². The van der Waals surface area contributed by atoms with Crippen LogP contribution in [0.2, 0.25) is 0 Å². The fraction of sp³-hybridized carbons (Fsp3) is 0.865. The number of allylic oxidation sites excluding steroid dienone is 3. The molecule has 0 aromatic carbocycles. The van der Waals surface area contributed by atoms with Gasteiger partial charge in [0.15, 0.2) is 0 Å². The highest BCUT2D eigenvalue weighted by molar-refractivity contribution is 7.47. The summed E-state index contributed by atoms with van der Waals surface area (Å²) in [6.07, 6.45) is 17.9. The largest absolute Gasteiger partial charge is 0.472 e. The second-order valence-corrected chi connectivity index (χ2v) is 18.3. The number of carbonyl (C=O) groups is 1. The number of hydrogen-bond acceptors (Lipinski definition) is 5. The van der Waals surface area contributed by atoms with Crippen LogP contribution in [0.25, 0.3) is 0 Å². The molecule has 0 radical (unpaired) electrons. The van der Waals surface area contributed by atoms with Crippen LogP contribution in [-0.4, -0.2) is 62.4 Å². The number of likely N-dealkylation sites (N-methyl/N-ethyl adjacent to an activating group) is 1. The molecule has 10 atom stereocenters. The third-order valence-electron chi connectivity index (χ3n) is 12.6. The van der Waals surface area contributed by atoms with E-state index in [1.165, 1.54) is 37.7 Å². The number of esters is 1. The minimum Gasteiger partial charge on any atom is -0.462 e. The second kappa shape index (κ2) is 14.6. The first-order valence-corrected chi connectivity index (χ1v) is 19.5. The molecule has 1 N–H and O–H groups in total. The van der Waals surface area contributed by atoms with Crippen molar-refractivity contribution in [1.29, 1.82) is 0 Å². The Morgan fingerprint density at radius 1 is 1.04 bits per heavy atom. The average Bonchev–Trinajstić information content (AvgIpc) is 3.29. The van der Waals surface area contributed by atoms with Gasteiger partial charge in [-0.3, -0.25) is 13.8 Å². The van der Waals surface area contributed by atoms with Crippen molar-refractivity contribution < 1.29 is 32.5 Å². The highest BCUT2D eigenvalue weighted by Crippen LogP contribution is 2.67. The predicted octanol–water partition coefficient (Wildman–Crippen LogP) is 8.58. The first kappa shape index (κ1) is 36.8. The number of quaternary nitrogens is 1. The van der Waals surface area contributed by atoms with Crippen molar-refractivity contribution in [1.82, 2.24) is 0 Å². The third-order valence-corrected chi connectivity index (χ3v) is 13.6. The monoisotopic (exact) mass is 650 g/mol. The van der Waals surface area contributed by atoms with Crippen LogP contribution < -0.4 is 0 Å². The Labute approximate surface area is 274 Å². The number of nitrogens with zero attached hydrogens (tertiary/aromatic N) is 1. The number of hydrogen-bond donors (Lipinski definition) is 1. The van der Waals surface area contributed by atoms with Crippen molar-refractivity contribution in [3.8, 4) is 0 Å². The van der Waals surface area contributed by atoms with Crippen LogP contribution in [-0.2, 0) is 23.1 Å². The summed E-state index contributed by atoms with van der Waals surface area (Å²) >= 11 is 0. The Bertz CT molecular complexity index is 1130. The topological polar surface area (TPSA) is 82.1 Å². The first-order valence-electron chi connectivity index (χ1n) is 18.0. The van der Waals surface area contributed by atoms with Gasteiger partial charge in [0.05, 0.1) is 34.2 Å². The summed E-state index contributed by atoms with van der Waals surface area (Å²) < 4.78 is 28.7. The molecule has 4 aliphatic carbocycles. The van der Waals surface area contributed by atoms with Gasteiger partial charge in [-0.15, -0.1) is 0 Å². The molecule has 0 aromatic heterocycles. The van der Waals surface area contributed by atoms with Crippen LogP contribution in [0.1, 0.15) is 106 Å². The van der Waals surface area contributed by atoms with Crippen molar-refractivity contribution in [2.24, 2.45) is 52.3 Å². The summed E-state index contributed by atoms with van der Waals surface area (Å²) in [5.74, 6) is 4.68. The maximum Gasteiger partial charge on any atom is 0.472 e. The van der Waals surface area contributed by atoms with E-state index in [1.54, 1.807) is 0 Å². The lowest BCUT2D eigenvalue weighted by Crippen LogP contribution is -2.51. The molecule has 4 rings (SSSR count). The molecular formula is C37H65NO6P+. The van der Waals surface area contributed by atoms with Crippen LogP contribution in [0.5, 0.6) is 0 Å². The molecule has 0 saturated heterocycles. The molecule has 0 aromatic rings. The quantitative estimate of drug-likeness (QED) is 0.0878. The Morgan fingerprint density at radius 3 is 2.42 bits per heavy atom. The Balaban J connectivity index is 1.30. The average molecular weight is 651 g/mol. The van der Waals surface area contributed by atoms with E-state index in [0.29, 0.717) is 40.1 Å². The van der Waals surface area contributed by atoms with Gasteiger partial charge >= 0.3 is 13.8 Å². The zero-order valence-corrected chi connectivity index (χ0v) is 30.8. The number of phosphoric ester groups is 1. The predicted molar refractivity (Wildman–Crippen MR) is 181 cm³/mol. The van der Waals surface area contributed by atoms with Crippen LogP contribution >= 0.6 is 7.82 Å². The van der Waals surface area contributed by atoms with Crippen molar-refractivity contribution in [2.45, 2.75) is 112 Å². The van der Waals surface area contributed by atoms with E-state index in [-0.39, 0.29) is 37.1 Å². The van der Waals surface area contributed by atoms with Gasteiger partial charge in [-0.05, 0) is 104 Å². The summed E-state index contributed by atoms with van der Waals surface area (Å²) in [5, 5.41) is 0. The van der Waals surface area contributed by atoms with E-state index in [1.807, 2.05) is 21.1 Å². The summed E-state index contributed by atoms with van der Waals surface area (Å²) in [6.45, 7) is 15.1. The Morgan fingerprint density at radius 2 is 1.76 bits per heavy atom. The molecule has 0 aliphatic heterocycles. The highest BCUT2D eigenvalue weighted by atomic mass is 31.2. The molecule has 0 heterocycles. The summed E-state index contributed by atoms with van der Waals surface area (Å²) in [5.41, 5.74) is 2.11. The minimum absolute atomic E-state index is 0.0631. The van der Waals surface area contributed by atoms with E-state index in [2.05, 4.69) is 59.8 Å². The number of fused-ring (bicyclic) bond motifs is 5. The second-order valence-electron chi connectivity index (χ2n) is 16.8. The molecule has 0 bridgehead atoms. The molecule has 4 aliphatic rings. The standard InChI is InChI=1S/C37H64NO6P/c1-10-28(26(2)3)12-11-27(4)32-15-16-33-31-14-13-29-25-30(17-20-36(29,5)34(31)18-21-37(32,33)6)44-35(39)19-23-42-45(40,41)43-24-22-38(7,8)9/h11-13,26-28,30-34H,10,14-25H2,1-9H3/p+1/t27-,28-,30+,31+,32-,33+,34+,36+,37-/m1/s1. The SMILES string of the molecule is CC[C@H](C=C[C@@H](C)[C@H]1CC[C@H]2[C@@H]3CC=C4C[C@@H](OC(=O)CCOP(=O)(O)OCC[N+](C)(C)C)CC[C@]4(C)[C@H]3CC[C@]12C)C(C)C. The van der Waals surface area contributed by atoms with Crippen LogP contribution in [0.4, 0.5) is 0 Å². The van der Waals surface area contributed by atoms with E-state index in [4.69, 9.17) is 13.8 Å². The van der Waals surface area contributed by atoms with Crippen LogP contribution in [0, 0.1) is 52.3 Å². The van der Waals surface area contributed by atoms with Gasteiger partial charge < -0.3 is 14.1 Å². The van der Waals surface area contributed by atoms with Gasteiger partial charge in [0.25, 0.3) is 0 Å². The molecule has 0 amide bonds. The highest BCUT2D eigenvalue weighted by Gasteiger charge is 2.59. The molecule has 3 fully saturated rings. The third kappa shape index (κ3) is 8.74. The maximum absolute atomic E-state index is 12.6. The number of ether oxygens (including phenoxy) is 1. The van der Waals surface area contributed by atoms with E-state index < -0.39 is 7.82 Å². The first-order chi connectivity index (χ1) is 21.0. The lowest BCUT2D eigenvalue weighted by atomic mass is 9.47. The minimum atomic E-state index is -4.19. The summed E-state index contributed by atoms with van der Waals surface area (Å²) in [6, 6.07) is 0. The molecular weight excluding hydrogens is 585 g/mol. The zero-order valence-electron chi connectivity index (χ0n) is 29.9. The van der Waals surface area contributed by atoms with Gasteiger partial charge in [0.1, 0.15) is 19.3 Å². The fourth-order valence-corrected chi connectivity index (χ4v) is 10.6. The van der Waals surface area contributed by atoms with Crippen LogP contribution in [0.3, 0.4) is 0 Å². The van der Waals surface area contributed by atoms with Crippen molar-refractivity contribution in [3.63, 3.8) is 0 Å². The zero-order chi connectivity index (χ0) is 33.2. The maximum atomic E-state index is 12.6. The van der Waals surface area contributed by atoms with Crippen molar-refractivity contribution in [3.05, 3.63) is 23.8 Å². The van der Waals surface area contributed by atoms with Crippen LogP contribution in [0.15, 0.2) is 23.8 Å². The molecule has 45 heavy (non-hydrogen) atoms. The lowest BCUT2D eigenvalue weighted by Gasteiger charge is -2.58. The fourth-order valence-electron chi connectivity index (χ4n) is 9.87. The molecule has 0 spiro atoms. The summed E-state index contributed by atoms with van der Waals surface area (Å²) in [7, 11) is 1.74. The number of rotatable bonds is 14. The van der Waals surface area contributed by atoms with Gasteiger partial charge in [0, 0.05) is 6.42 Å². The van der Waals surface area contributed by atoms with Gasteiger partial charge in [-0.1, -0.05) is 65.3 Å². The van der Waals surface area contributed by atoms with Gasteiger partial charge in [-0.25, -0.2) is 4.57 Å². The molecule has 3 saturated carbocycles. The van der Waals surface area contributed by atoms with E-state index >= 15 is 0 Å². The molecule has 1 unspecified atom stereocenters. The normalized spacial score (nSPS) is 36.1. The molecule has 7 nitrogen and oxygen atoms in total. The number of phosphoric acid groups is 1. The van der Waals surface area contributed by atoms with Crippen molar-refractivity contribution >= 4 is 13.8 Å². The lowest BCUT2D eigenvalue weighted by molar-refractivity contribution is -0.870. The Hall–Kier alpha value is -0.980. The smallest absolute Gasteiger partial charge is 0.462 e. The number of carbonyl (C=O) groups excluding carboxylic acids is 1.